The van der Waals surface area contributed by atoms with Crippen LogP contribution in [0.15, 0.2) is 0 Å². The molecule has 17 heavy (non-hydrogen) atoms. The number of rotatable bonds is 0. The van der Waals surface area contributed by atoms with Crippen molar-refractivity contribution < 1.29 is 28.2 Å². The molecule has 0 radical (unpaired) electrons. The van der Waals surface area contributed by atoms with Crippen molar-refractivity contribution in [3.63, 3.8) is 0 Å². The molecule has 1 spiro atoms. The van der Waals surface area contributed by atoms with Gasteiger partial charge in [-0.2, -0.15) is 13.2 Å². The van der Waals surface area contributed by atoms with E-state index in [9.17, 15) is 18.3 Å². The number of hydrogen-bond donors (Lipinski definition) is 3. The Hall–Kier alpha value is -0.820. The van der Waals surface area contributed by atoms with E-state index in [1.807, 2.05) is 6.92 Å². The highest BCUT2D eigenvalue weighted by molar-refractivity contribution is 5.73. The lowest BCUT2D eigenvalue weighted by molar-refractivity contribution is -0.192. The third-order valence-corrected chi connectivity index (χ3v) is 3.08. The average molecular weight is 255 g/mol. The number of carboxylic acid groups (broad SMARTS) is 1. The van der Waals surface area contributed by atoms with Crippen molar-refractivity contribution in [1.82, 2.24) is 5.32 Å². The Bertz CT molecular complexity index is 280. The number of aliphatic hydroxyl groups is 1. The summed E-state index contributed by atoms with van der Waals surface area (Å²) in [6.45, 7) is 2.70. The van der Waals surface area contributed by atoms with Crippen molar-refractivity contribution in [1.29, 1.82) is 0 Å². The monoisotopic (exact) mass is 255 g/mol. The van der Waals surface area contributed by atoms with Crippen LogP contribution in [0.3, 0.4) is 0 Å². The maximum absolute atomic E-state index is 10.6. The maximum atomic E-state index is 10.6. The highest BCUT2D eigenvalue weighted by Gasteiger charge is 2.47. The van der Waals surface area contributed by atoms with Gasteiger partial charge in [0.25, 0.3) is 0 Å². The van der Waals surface area contributed by atoms with Crippen LogP contribution in [0.4, 0.5) is 13.2 Å². The normalized spacial score (nSPS) is 30.4. The summed E-state index contributed by atoms with van der Waals surface area (Å²) < 4.78 is 31.7. The first kappa shape index (κ1) is 14.2. The van der Waals surface area contributed by atoms with Gasteiger partial charge in [-0.25, -0.2) is 4.79 Å². The second-order valence-corrected chi connectivity index (χ2v) is 4.93. The molecular formula is C10H16F3NO3. The van der Waals surface area contributed by atoms with Crippen molar-refractivity contribution in [2.45, 2.75) is 49.9 Å². The Labute approximate surface area is 96.8 Å². The lowest BCUT2D eigenvalue weighted by Crippen LogP contribution is -2.49. The van der Waals surface area contributed by atoms with Crippen molar-refractivity contribution in [2.24, 2.45) is 0 Å². The summed E-state index contributed by atoms with van der Waals surface area (Å²) in [7, 11) is 0. The second-order valence-electron chi connectivity index (χ2n) is 4.93. The summed E-state index contributed by atoms with van der Waals surface area (Å²) in [6.07, 6.45) is -0.299. The zero-order valence-electron chi connectivity index (χ0n) is 9.47. The Morgan fingerprint density at radius 1 is 1.24 bits per heavy atom. The Balaban J connectivity index is 0.000000185. The van der Waals surface area contributed by atoms with E-state index in [2.05, 4.69) is 5.32 Å². The van der Waals surface area contributed by atoms with Crippen LogP contribution in [0.5, 0.6) is 0 Å². The molecule has 0 amide bonds. The molecule has 2 rings (SSSR count). The molecule has 0 bridgehead atoms. The summed E-state index contributed by atoms with van der Waals surface area (Å²) in [6, 6.07) is 0. The summed E-state index contributed by atoms with van der Waals surface area (Å²) in [5, 5.41) is 20.1. The largest absolute Gasteiger partial charge is 0.490 e. The van der Waals surface area contributed by atoms with Crippen molar-refractivity contribution >= 4 is 5.97 Å². The minimum Gasteiger partial charge on any atom is -0.475 e. The van der Waals surface area contributed by atoms with Gasteiger partial charge in [-0.3, -0.25) is 0 Å². The van der Waals surface area contributed by atoms with E-state index in [1.54, 1.807) is 0 Å². The fourth-order valence-electron chi connectivity index (χ4n) is 1.64. The molecule has 0 aromatic carbocycles. The number of hydrogen-bond acceptors (Lipinski definition) is 3. The minimum atomic E-state index is -5.08. The van der Waals surface area contributed by atoms with E-state index in [1.165, 1.54) is 19.3 Å². The van der Waals surface area contributed by atoms with Gasteiger partial charge < -0.3 is 15.5 Å². The Morgan fingerprint density at radius 2 is 1.65 bits per heavy atom. The van der Waals surface area contributed by atoms with Crippen LogP contribution in [0.25, 0.3) is 0 Å². The first-order valence-corrected chi connectivity index (χ1v) is 5.34. The summed E-state index contributed by atoms with van der Waals surface area (Å²) in [5.41, 5.74) is 0.0378. The van der Waals surface area contributed by atoms with Crippen molar-refractivity contribution in [2.75, 3.05) is 6.54 Å². The first-order chi connectivity index (χ1) is 7.56. The molecule has 1 unspecified atom stereocenters. The van der Waals surface area contributed by atoms with Gasteiger partial charge in [0, 0.05) is 12.1 Å². The number of piperidine rings is 1. The van der Waals surface area contributed by atoms with Crippen LogP contribution < -0.4 is 5.32 Å². The van der Waals surface area contributed by atoms with E-state index in [0.29, 0.717) is 5.54 Å². The Kier molecular flexibility index (Phi) is 3.73. The number of halogens is 3. The van der Waals surface area contributed by atoms with Crippen LogP contribution in [0.2, 0.25) is 0 Å². The molecule has 0 aromatic rings. The van der Waals surface area contributed by atoms with E-state index in [0.717, 1.165) is 13.0 Å². The highest BCUT2D eigenvalue weighted by atomic mass is 19.4. The summed E-state index contributed by atoms with van der Waals surface area (Å²) in [5.74, 6) is -2.76. The van der Waals surface area contributed by atoms with Crippen LogP contribution >= 0.6 is 0 Å². The smallest absolute Gasteiger partial charge is 0.475 e. The molecule has 7 heteroatoms. The minimum absolute atomic E-state index is 0.437. The van der Waals surface area contributed by atoms with E-state index in [-0.39, 0.29) is 0 Å². The molecule has 1 saturated carbocycles. The highest BCUT2D eigenvalue weighted by Crippen LogP contribution is 2.43. The third kappa shape index (κ3) is 4.51. The second kappa shape index (κ2) is 4.45. The molecule has 3 N–H and O–H groups in total. The maximum Gasteiger partial charge on any atom is 0.490 e. The molecular weight excluding hydrogens is 239 g/mol. The zero-order valence-corrected chi connectivity index (χ0v) is 9.47. The number of aliphatic carboxylic acids is 1. The molecule has 1 saturated heterocycles. The lowest BCUT2D eigenvalue weighted by atomic mass is 9.91. The number of alkyl halides is 3. The van der Waals surface area contributed by atoms with Crippen molar-refractivity contribution in [3.05, 3.63) is 0 Å². The molecule has 1 heterocycles. The average Bonchev–Trinajstić information content (AvgIpc) is 2.91. The van der Waals surface area contributed by atoms with Crippen LogP contribution in [-0.4, -0.2) is 40.0 Å². The summed E-state index contributed by atoms with van der Waals surface area (Å²) >= 11 is 0. The third-order valence-electron chi connectivity index (χ3n) is 3.08. The number of nitrogens with one attached hydrogen (secondary N) is 1. The van der Waals surface area contributed by atoms with Gasteiger partial charge in [0.05, 0.1) is 5.60 Å². The fourth-order valence-corrected chi connectivity index (χ4v) is 1.64. The lowest BCUT2D eigenvalue weighted by Gasteiger charge is -2.34. The molecule has 1 aliphatic carbocycles. The van der Waals surface area contributed by atoms with Gasteiger partial charge in [0.2, 0.25) is 0 Å². The van der Waals surface area contributed by atoms with Crippen LogP contribution in [0.1, 0.15) is 32.6 Å². The van der Waals surface area contributed by atoms with Crippen LogP contribution in [-0.2, 0) is 4.79 Å². The standard InChI is InChI=1S/C8H15NO.C2HF3O2/c1-7(10)2-3-8(4-5-8)9-6-7;3-2(4,5)1(6)7/h9-10H,2-6H2,1H3;(H,6,7). The first-order valence-electron chi connectivity index (χ1n) is 5.34. The summed E-state index contributed by atoms with van der Waals surface area (Å²) in [4.78, 5) is 8.90. The van der Waals surface area contributed by atoms with Gasteiger partial charge in [0.1, 0.15) is 0 Å². The molecule has 1 aliphatic heterocycles. The molecule has 100 valence electrons. The van der Waals surface area contributed by atoms with Gasteiger partial charge >= 0.3 is 12.1 Å². The fraction of sp³-hybridized carbons (Fsp3) is 0.900. The van der Waals surface area contributed by atoms with Gasteiger partial charge in [-0.15, -0.1) is 0 Å². The van der Waals surface area contributed by atoms with Crippen molar-refractivity contribution in [3.8, 4) is 0 Å². The zero-order chi connectivity index (χ0) is 13.3. The SMILES string of the molecule is CC1(O)CCC2(CC2)NC1.O=C(O)C(F)(F)F. The molecule has 0 aromatic heterocycles. The molecule has 4 nitrogen and oxygen atoms in total. The quantitative estimate of drug-likeness (QED) is 0.610. The predicted octanol–water partition coefficient (Wildman–Crippen LogP) is 1.29. The van der Waals surface area contributed by atoms with Gasteiger partial charge in [0.15, 0.2) is 0 Å². The topological polar surface area (TPSA) is 69.6 Å². The number of carboxylic acids is 1. The number of β-amino-alcohol motifs (C(OH)–C–C–N with tert-alkyl or cyclic N) is 1. The molecule has 2 aliphatic rings. The van der Waals surface area contributed by atoms with E-state index in [4.69, 9.17) is 9.90 Å². The molecule has 1 atom stereocenters. The Morgan fingerprint density at radius 3 is 1.88 bits per heavy atom. The van der Waals surface area contributed by atoms with Crippen LogP contribution in [0, 0.1) is 0 Å². The van der Waals surface area contributed by atoms with E-state index >= 15 is 0 Å². The predicted molar refractivity (Wildman–Crippen MR) is 53.5 cm³/mol. The van der Waals surface area contributed by atoms with E-state index < -0.39 is 17.7 Å². The number of carbonyl (C=O) groups is 1. The molecule has 2 fully saturated rings. The van der Waals surface area contributed by atoms with Gasteiger partial charge in [-0.05, 0) is 32.6 Å². The van der Waals surface area contributed by atoms with Gasteiger partial charge in [-0.1, -0.05) is 0 Å².